The number of unbranched alkanes of at least 4 members (excludes halogenated alkanes) is 41. The van der Waals surface area contributed by atoms with Crippen molar-refractivity contribution in [3.8, 4) is 0 Å². The lowest BCUT2D eigenvalue weighted by molar-refractivity contribution is -0.359. The minimum absolute atomic E-state index is 0.232. The van der Waals surface area contributed by atoms with Gasteiger partial charge in [0.05, 0.1) is 32.0 Å². The summed E-state index contributed by atoms with van der Waals surface area (Å²) in [6.07, 6.45) is 42.5. The molecule has 2 aliphatic heterocycles. The highest BCUT2D eigenvalue weighted by Crippen LogP contribution is 2.30. The van der Waals surface area contributed by atoms with E-state index in [-0.39, 0.29) is 18.9 Å². The molecule has 0 aromatic heterocycles. The Labute approximate surface area is 476 Å². The van der Waals surface area contributed by atoms with Crippen molar-refractivity contribution < 1.29 is 64.6 Å². The van der Waals surface area contributed by atoms with Crippen molar-refractivity contribution in [3.63, 3.8) is 0 Å². The Hall–Kier alpha value is -1.27. The van der Waals surface area contributed by atoms with Gasteiger partial charge in [-0.25, -0.2) is 0 Å². The van der Waals surface area contributed by atoms with Crippen LogP contribution in [-0.2, 0) is 23.7 Å². The highest BCUT2D eigenvalue weighted by molar-refractivity contribution is 5.76. The van der Waals surface area contributed by atoms with Crippen molar-refractivity contribution in [1.29, 1.82) is 0 Å². The van der Waals surface area contributed by atoms with Gasteiger partial charge in [0, 0.05) is 6.42 Å². The fraction of sp³-hybridized carbons (Fsp3) is 0.953. The number of carbonyl (C=O) groups excluding carboxylic acids is 1. The lowest BCUT2D eigenvalue weighted by atomic mass is 9.97. The smallest absolute Gasteiger partial charge is 0.220 e. The number of amides is 1. The highest BCUT2D eigenvalue weighted by atomic mass is 16.7. The topological polar surface area (TPSA) is 228 Å². The predicted octanol–water partition coefficient (Wildman–Crippen LogP) is 12.2. The normalized spacial score (nSPS) is 24.5. The maximum absolute atomic E-state index is 13.3. The zero-order valence-electron chi connectivity index (χ0n) is 49.9. The predicted molar refractivity (Wildman–Crippen MR) is 314 cm³/mol. The Balaban J connectivity index is 1.72. The molecule has 14 nitrogen and oxygen atoms in total. The van der Waals surface area contributed by atoms with Crippen LogP contribution in [0.25, 0.3) is 0 Å². The summed E-state index contributed by atoms with van der Waals surface area (Å²) >= 11 is 0. The Morgan fingerprint density at radius 2 is 0.795 bits per heavy atom. The molecule has 0 radical (unpaired) electrons. The molecule has 2 aliphatic rings. The fourth-order valence-electron chi connectivity index (χ4n) is 11.2. The van der Waals surface area contributed by atoms with Crippen LogP contribution in [0.15, 0.2) is 12.2 Å². The Morgan fingerprint density at radius 1 is 0.449 bits per heavy atom. The van der Waals surface area contributed by atoms with Gasteiger partial charge < -0.3 is 65.1 Å². The molecule has 0 aromatic carbocycles. The average Bonchev–Trinajstić information content (AvgIpc) is 3.48. The number of aliphatic hydroxyl groups excluding tert-OH is 8. The van der Waals surface area contributed by atoms with E-state index in [1.165, 1.54) is 231 Å². The molecule has 1 amide bonds. The van der Waals surface area contributed by atoms with Gasteiger partial charge in [0.1, 0.15) is 48.8 Å². The summed E-state index contributed by atoms with van der Waals surface area (Å²) in [6, 6.07) is -0.910. The Kier molecular flexibility index (Phi) is 46.9. The number of allylic oxidation sites excluding steroid dienone is 1. The molecule has 2 heterocycles. The van der Waals surface area contributed by atoms with E-state index in [4.69, 9.17) is 18.9 Å². The van der Waals surface area contributed by atoms with Crippen LogP contribution in [-0.4, -0.2) is 140 Å². The molecule has 0 aliphatic carbocycles. The van der Waals surface area contributed by atoms with E-state index in [0.29, 0.717) is 6.42 Å². The molecule has 2 rings (SSSR count). The second-order valence-electron chi connectivity index (χ2n) is 23.6. The fourth-order valence-corrected chi connectivity index (χ4v) is 11.2. The molecule has 12 unspecified atom stereocenters. The molecule has 9 N–H and O–H groups in total. The van der Waals surface area contributed by atoms with Crippen LogP contribution in [0.2, 0.25) is 0 Å². The van der Waals surface area contributed by atoms with Crippen LogP contribution in [0.5, 0.6) is 0 Å². The van der Waals surface area contributed by atoms with Gasteiger partial charge in [0.15, 0.2) is 12.6 Å². The third-order valence-corrected chi connectivity index (χ3v) is 16.5. The summed E-state index contributed by atoms with van der Waals surface area (Å²) in [7, 11) is 0. The summed E-state index contributed by atoms with van der Waals surface area (Å²) in [5.74, 6) is -0.232. The first kappa shape index (κ1) is 72.8. The highest BCUT2D eigenvalue weighted by Gasteiger charge is 2.51. The molecular weight excluding hydrogens is 991 g/mol. The molecule has 14 heteroatoms. The molecule has 0 bridgehead atoms. The minimum atomic E-state index is -1.79. The lowest BCUT2D eigenvalue weighted by Gasteiger charge is -2.46. The van der Waals surface area contributed by atoms with E-state index in [2.05, 4.69) is 19.2 Å². The van der Waals surface area contributed by atoms with Crippen LogP contribution in [0.3, 0.4) is 0 Å². The van der Waals surface area contributed by atoms with Crippen molar-refractivity contribution in [2.75, 3.05) is 19.8 Å². The van der Waals surface area contributed by atoms with E-state index < -0.39 is 86.8 Å². The number of hydrogen-bond acceptors (Lipinski definition) is 13. The van der Waals surface area contributed by atoms with E-state index in [9.17, 15) is 45.6 Å². The number of rotatable bonds is 54. The summed E-state index contributed by atoms with van der Waals surface area (Å²) in [4.78, 5) is 13.3. The molecule has 2 fully saturated rings. The minimum Gasteiger partial charge on any atom is -0.394 e. The summed E-state index contributed by atoms with van der Waals surface area (Å²) < 4.78 is 22.8. The van der Waals surface area contributed by atoms with Crippen molar-refractivity contribution in [2.24, 2.45) is 0 Å². The van der Waals surface area contributed by atoms with Crippen LogP contribution in [0.1, 0.15) is 296 Å². The molecular formula is C64H123NO13. The maximum Gasteiger partial charge on any atom is 0.220 e. The quantitative estimate of drug-likeness (QED) is 0.0204. The van der Waals surface area contributed by atoms with E-state index in [0.717, 1.165) is 38.5 Å². The SMILES string of the molecule is CCCCCCCCCCCCCCCCCCCCCCC/C=C/C(O)C(COC1OC(CO)C(OC2OC(CO)C(O)C(O)C2O)C(O)C1O)NC(=O)CCCCCCCCCCCCCCCCCCCCCCC. The first-order chi connectivity index (χ1) is 38.1. The number of hydrogen-bond donors (Lipinski definition) is 9. The Bertz CT molecular complexity index is 1360. The number of nitrogens with one attached hydrogen (secondary N) is 1. The van der Waals surface area contributed by atoms with Gasteiger partial charge in [-0.1, -0.05) is 283 Å². The Morgan fingerprint density at radius 3 is 1.18 bits per heavy atom. The van der Waals surface area contributed by atoms with Gasteiger partial charge >= 0.3 is 0 Å². The van der Waals surface area contributed by atoms with Crippen molar-refractivity contribution in [3.05, 3.63) is 12.2 Å². The second-order valence-corrected chi connectivity index (χ2v) is 23.6. The van der Waals surface area contributed by atoms with Crippen molar-refractivity contribution in [1.82, 2.24) is 5.32 Å². The van der Waals surface area contributed by atoms with Gasteiger partial charge in [-0.05, 0) is 19.3 Å². The molecule has 12 atom stereocenters. The molecule has 0 saturated carbocycles. The molecule has 2 saturated heterocycles. The number of ether oxygens (including phenoxy) is 4. The van der Waals surface area contributed by atoms with Gasteiger partial charge in [0.25, 0.3) is 0 Å². The van der Waals surface area contributed by atoms with Crippen molar-refractivity contribution >= 4 is 5.91 Å². The third kappa shape index (κ3) is 35.0. The van der Waals surface area contributed by atoms with Gasteiger partial charge in [-0.3, -0.25) is 4.79 Å². The standard InChI is InChI=1S/C64H123NO13/c1-3-5-7-9-11-13-15-17-19-21-23-25-26-28-29-31-33-35-37-39-41-43-45-47-53(68)52(51-75-63-61(74)59(72)62(55(50-67)77-63)78-64-60(73)58(71)57(70)54(49-66)76-64)65-56(69)48-46-44-42-40-38-36-34-32-30-27-24-22-20-18-16-14-12-10-8-6-4-2/h45,47,52-55,57-64,66-68,70-74H,3-44,46,48-51H2,1-2H3,(H,65,69)/b47-45+. The molecule has 462 valence electrons. The first-order valence-corrected chi connectivity index (χ1v) is 32.9. The first-order valence-electron chi connectivity index (χ1n) is 32.9. The van der Waals surface area contributed by atoms with E-state index in [1.807, 2.05) is 6.08 Å². The van der Waals surface area contributed by atoms with Gasteiger partial charge in [-0.2, -0.15) is 0 Å². The second kappa shape index (κ2) is 50.3. The zero-order chi connectivity index (χ0) is 56.7. The number of aliphatic hydroxyl groups is 8. The van der Waals surface area contributed by atoms with E-state index in [1.54, 1.807) is 6.08 Å². The molecule has 0 spiro atoms. The van der Waals surface area contributed by atoms with E-state index >= 15 is 0 Å². The lowest BCUT2D eigenvalue weighted by Crippen LogP contribution is -2.65. The van der Waals surface area contributed by atoms with Crippen LogP contribution < -0.4 is 5.32 Å². The average molecular weight is 1110 g/mol. The zero-order valence-corrected chi connectivity index (χ0v) is 49.9. The maximum atomic E-state index is 13.3. The van der Waals surface area contributed by atoms with Crippen LogP contribution in [0, 0.1) is 0 Å². The summed E-state index contributed by atoms with van der Waals surface area (Å²) in [6.45, 7) is 2.85. The largest absolute Gasteiger partial charge is 0.394 e. The van der Waals surface area contributed by atoms with Gasteiger partial charge in [0.2, 0.25) is 5.91 Å². The van der Waals surface area contributed by atoms with Gasteiger partial charge in [-0.15, -0.1) is 0 Å². The molecule has 78 heavy (non-hydrogen) atoms. The third-order valence-electron chi connectivity index (χ3n) is 16.5. The van der Waals surface area contributed by atoms with Crippen LogP contribution >= 0.6 is 0 Å². The number of carbonyl (C=O) groups is 1. The molecule has 0 aromatic rings. The van der Waals surface area contributed by atoms with Crippen LogP contribution in [0.4, 0.5) is 0 Å². The monoisotopic (exact) mass is 1110 g/mol. The summed E-state index contributed by atoms with van der Waals surface area (Å²) in [5, 5.41) is 87.3. The van der Waals surface area contributed by atoms with Crippen molar-refractivity contribution in [2.45, 2.75) is 370 Å². The summed E-state index contributed by atoms with van der Waals surface area (Å²) in [5.41, 5.74) is 0.